The van der Waals surface area contributed by atoms with Crippen LogP contribution in [0.3, 0.4) is 0 Å². The summed E-state index contributed by atoms with van der Waals surface area (Å²) in [7, 11) is 0. The summed E-state index contributed by atoms with van der Waals surface area (Å²) in [5.74, 6) is 0.799. The van der Waals surface area contributed by atoms with E-state index in [2.05, 4.69) is 52.8 Å². The van der Waals surface area contributed by atoms with E-state index < -0.39 is 0 Å². The molecule has 0 fully saturated rings. The average Bonchev–Trinajstić information content (AvgIpc) is 2.35. The van der Waals surface area contributed by atoms with Gasteiger partial charge in [-0.25, -0.2) is 0 Å². The predicted molar refractivity (Wildman–Crippen MR) is 74.2 cm³/mol. The Morgan fingerprint density at radius 3 is 2.06 bits per heavy atom. The van der Waals surface area contributed by atoms with Crippen molar-refractivity contribution >= 4 is 0 Å². The van der Waals surface area contributed by atoms with E-state index in [-0.39, 0.29) is 6.10 Å². The van der Waals surface area contributed by atoms with Crippen LogP contribution in [0.25, 0.3) is 0 Å². The van der Waals surface area contributed by atoms with E-state index >= 15 is 0 Å². The first-order valence-electron chi connectivity index (χ1n) is 6.80. The number of benzene rings is 1. The van der Waals surface area contributed by atoms with Gasteiger partial charge in [0, 0.05) is 0 Å². The number of aliphatic hydroxyl groups excluding tert-OH is 1. The minimum Gasteiger partial charge on any atom is -0.388 e. The van der Waals surface area contributed by atoms with Gasteiger partial charge < -0.3 is 5.11 Å². The van der Waals surface area contributed by atoms with Crippen LogP contribution >= 0.6 is 0 Å². The third kappa shape index (κ3) is 3.32. The maximum absolute atomic E-state index is 10.3. The van der Waals surface area contributed by atoms with Crippen molar-refractivity contribution in [3.8, 4) is 0 Å². The molecule has 0 aromatic heterocycles. The quantitative estimate of drug-likeness (QED) is 0.812. The Morgan fingerprint density at radius 2 is 1.59 bits per heavy atom. The van der Waals surface area contributed by atoms with Gasteiger partial charge in [0.2, 0.25) is 0 Å². The first-order chi connectivity index (χ1) is 8.01. The van der Waals surface area contributed by atoms with Crippen molar-refractivity contribution in [2.45, 2.75) is 53.6 Å². The largest absolute Gasteiger partial charge is 0.388 e. The molecule has 0 radical (unpaired) electrons. The van der Waals surface area contributed by atoms with Crippen LogP contribution in [0.15, 0.2) is 18.2 Å². The topological polar surface area (TPSA) is 20.2 Å². The molecular weight excluding hydrogens is 208 g/mol. The molecule has 0 spiro atoms. The minimum atomic E-state index is -0.341. The van der Waals surface area contributed by atoms with Gasteiger partial charge in [0.1, 0.15) is 0 Å². The Morgan fingerprint density at radius 1 is 1.00 bits per heavy atom. The molecule has 96 valence electrons. The lowest BCUT2D eigenvalue weighted by Gasteiger charge is -2.23. The van der Waals surface area contributed by atoms with Crippen LogP contribution in [0, 0.1) is 11.8 Å². The highest BCUT2D eigenvalue weighted by Gasteiger charge is 2.19. The normalized spacial score (nSPS) is 15.0. The monoisotopic (exact) mass is 234 g/mol. The number of aliphatic hydroxyl groups is 1. The van der Waals surface area contributed by atoms with Gasteiger partial charge in [-0.15, -0.1) is 0 Å². The molecule has 1 aromatic carbocycles. The maximum Gasteiger partial charge on any atom is 0.0818 e. The highest BCUT2D eigenvalue weighted by molar-refractivity contribution is 5.33. The van der Waals surface area contributed by atoms with E-state index in [0.29, 0.717) is 11.8 Å². The van der Waals surface area contributed by atoms with Gasteiger partial charge in [-0.3, -0.25) is 0 Å². The highest BCUT2D eigenvalue weighted by Crippen LogP contribution is 2.29. The van der Waals surface area contributed by atoms with Gasteiger partial charge in [-0.2, -0.15) is 0 Å². The summed E-state index contributed by atoms with van der Waals surface area (Å²) in [6, 6.07) is 6.44. The molecule has 1 aromatic rings. The molecule has 1 heteroatoms. The third-order valence-electron chi connectivity index (χ3n) is 3.88. The first-order valence-corrected chi connectivity index (χ1v) is 6.80. The van der Waals surface area contributed by atoms with E-state index in [4.69, 9.17) is 0 Å². The van der Waals surface area contributed by atoms with E-state index in [1.807, 2.05) is 0 Å². The lowest BCUT2D eigenvalue weighted by molar-refractivity contribution is 0.0920. The van der Waals surface area contributed by atoms with Crippen molar-refractivity contribution in [1.29, 1.82) is 0 Å². The van der Waals surface area contributed by atoms with Crippen molar-refractivity contribution in [2.24, 2.45) is 11.8 Å². The molecule has 2 unspecified atom stereocenters. The van der Waals surface area contributed by atoms with Gasteiger partial charge in [0.25, 0.3) is 0 Å². The van der Waals surface area contributed by atoms with E-state index in [1.165, 1.54) is 11.1 Å². The number of hydrogen-bond donors (Lipinski definition) is 1. The summed E-state index contributed by atoms with van der Waals surface area (Å²) in [5, 5.41) is 10.3. The Balaban J connectivity index is 2.99. The fourth-order valence-electron chi connectivity index (χ4n) is 2.17. The zero-order valence-corrected chi connectivity index (χ0v) is 11.8. The number of hydrogen-bond acceptors (Lipinski definition) is 1. The lowest BCUT2D eigenvalue weighted by atomic mass is 9.86. The van der Waals surface area contributed by atoms with Crippen molar-refractivity contribution in [2.75, 3.05) is 0 Å². The van der Waals surface area contributed by atoms with Crippen LogP contribution < -0.4 is 0 Å². The Hall–Kier alpha value is -0.820. The van der Waals surface area contributed by atoms with Gasteiger partial charge in [0.05, 0.1) is 6.10 Å². The summed E-state index contributed by atoms with van der Waals surface area (Å²) < 4.78 is 0. The third-order valence-corrected chi connectivity index (χ3v) is 3.88. The first kappa shape index (κ1) is 14.2. The summed E-state index contributed by atoms with van der Waals surface area (Å²) in [4.78, 5) is 0. The molecular formula is C16H26O. The summed E-state index contributed by atoms with van der Waals surface area (Å²) in [5.41, 5.74) is 3.85. The molecule has 0 aliphatic carbocycles. The minimum absolute atomic E-state index is 0.298. The molecule has 0 heterocycles. The van der Waals surface area contributed by atoms with Crippen LogP contribution in [0.5, 0.6) is 0 Å². The molecule has 0 saturated heterocycles. The summed E-state index contributed by atoms with van der Waals surface area (Å²) >= 11 is 0. The van der Waals surface area contributed by atoms with Crippen LogP contribution in [0.4, 0.5) is 0 Å². The van der Waals surface area contributed by atoms with E-state index in [9.17, 15) is 5.11 Å². The molecule has 0 amide bonds. The summed E-state index contributed by atoms with van der Waals surface area (Å²) in [6.07, 6.45) is 1.77. The van der Waals surface area contributed by atoms with Crippen molar-refractivity contribution < 1.29 is 5.11 Å². The fraction of sp³-hybridized carbons (Fsp3) is 0.625. The Bertz CT molecular complexity index is 355. The SMILES string of the molecule is CCc1ccc(C(O)C(C)C(C)C)cc1CC. The number of aryl methyl sites for hydroxylation is 2. The maximum atomic E-state index is 10.3. The second-order valence-electron chi connectivity index (χ2n) is 5.28. The smallest absolute Gasteiger partial charge is 0.0818 e. The van der Waals surface area contributed by atoms with Crippen molar-refractivity contribution in [3.05, 3.63) is 34.9 Å². The average molecular weight is 234 g/mol. The number of rotatable bonds is 5. The molecule has 1 rings (SSSR count). The van der Waals surface area contributed by atoms with Gasteiger partial charge >= 0.3 is 0 Å². The molecule has 1 N–H and O–H groups in total. The molecule has 0 saturated carbocycles. The van der Waals surface area contributed by atoms with Crippen LogP contribution in [0.1, 0.15) is 57.4 Å². The van der Waals surface area contributed by atoms with Gasteiger partial charge in [-0.1, -0.05) is 52.8 Å². The van der Waals surface area contributed by atoms with E-state index in [0.717, 1.165) is 18.4 Å². The lowest BCUT2D eigenvalue weighted by Crippen LogP contribution is -2.15. The molecule has 0 bridgehead atoms. The fourth-order valence-corrected chi connectivity index (χ4v) is 2.17. The highest BCUT2D eigenvalue weighted by atomic mass is 16.3. The van der Waals surface area contributed by atoms with Crippen LogP contribution in [-0.2, 0) is 12.8 Å². The Labute approximate surface area is 106 Å². The van der Waals surface area contributed by atoms with E-state index in [1.54, 1.807) is 0 Å². The standard InChI is InChI=1S/C16H26O/c1-6-13-8-9-15(10-14(13)7-2)16(17)12(5)11(3)4/h8-12,16-17H,6-7H2,1-5H3. The van der Waals surface area contributed by atoms with Crippen molar-refractivity contribution in [1.82, 2.24) is 0 Å². The van der Waals surface area contributed by atoms with Gasteiger partial charge in [0.15, 0.2) is 0 Å². The summed E-state index contributed by atoms with van der Waals surface area (Å²) in [6.45, 7) is 10.8. The van der Waals surface area contributed by atoms with Crippen molar-refractivity contribution in [3.63, 3.8) is 0 Å². The second kappa shape index (κ2) is 6.20. The van der Waals surface area contributed by atoms with Crippen LogP contribution in [0.2, 0.25) is 0 Å². The molecule has 1 nitrogen and oxygen atoms in total. The molecule has 0 aliphatic heterocycles. The molecule has 2 atom stereocenters. The second-order valence-corrected chi connectivity index (χ2v) is 5.28. The zero-order valence-electron chi connectivity index (χ0n) is 11.8. The van der Waals surface area contributed by atoms with Crippen LogP contribution in [-0.4, -0.2) is 5.11 Å². The van der Waals surface area contributed by atoms with Gasteiger partial charge in [-0.05, 0) is 41.4 Å². The Kier molecular flexibility index (Phi) is 5.20. The zero-order chi connectivity index (χ0) is 13.0. The molecule has 0 aliphatic rings. The molecule has 17 heavy (non-hydrogen) atoms. The predicted octanol–water partition coefficient (Wildman–Crippen LogP) is 4.14.